The Bertz CT molecular complexity index is 1390. The van der Waals surface area contributed by atoms with Gasteiger partial charge in [-0.25, -0.2) is 8.42 Å². The molecule has 3 aromatic rings. The van der Waals surface area contributed by atoms with Gasteiger partial charge in [-0.3, -0.25) is 9.52 Å². The quantitative estimate of drug-likeness (QED) is 0.505. The number of allylic oxidation sites excluding steroid dienone is 1. The van der Waals surface area contributed by atoms with Crippen LogP contribution in [0.3, 0.4) is 0 Å². The van der Waals surface area contributed by atoms with Crippen molar-refractivity contribution in [3.05, 3.63) is 71.8 Å². The number of carbonyl (C=O) groups is 1. The second-order valence-electron chi connectivity index (χ2n) is 7.76. The van der Waals surface area contributed by atoms with E-state index in [4.69, 9.17) is 9.47 Å². The molecule has 0 atom stereocenters. The summed E-state index contributed by atoms with van der Waals surface area (Å²) in [7, 11) is -1.01. The summed E-state index contributed by atoms with van der Waals surface area (Å²) in [5.41, 5.74) is 4.29. The molecule has 0 fully saturated rings. The first-order chi connectivity index (χ1) is 15.7. The van der Waals surface area contributed by atoms with Crippen LogP contribution in [0.25, 0.3) is 16.7 Å². The molecule has 0 saturated carbocycles. The Morgan fingerprint density at radius 1 is 0.909 bits per heavy atom. The van der Waals surface area contributed by atoms with Crippen LogP contribution >= 0.6 is 0 Å². The molecule has 0 bridgehead atoms. The third kappa shape index (κ3) is 4.17. The Morgan fingerprint density at radius 2 is 1.67 bits per heavy atom. The zero-order chi connectivity index (χ0) is 23.8. The lowest BCUT2D eigenvalue weighted by atomic mass is 9.97. The Labute approximate surface area is 193 Å². The van der Waals surface area contributed by atoms with Gasteiger partial charge in [0.05, 0.1) is 19.9 Å². The second-order valence-corrected chi connectivity index (χ2v) is 9.41. The number of nitrogens with one attached hydrogen (secondary N) is 2. The minimum Gasteiger partial charge on any atom is -0.497 e. The maximum atomic E-state index is 13.4. The van der Waals surface area contributed by atoms with Gasteiger partial charge < -0.3 is 14.8 Å². The number of carbonyl (C=O) groups excluding carboxylic acids is 1. The molecule has 3 aromatic carbocycles. The second kappa shape index (κ2) is 8.63. The summed E-state index contributed by atoms with van der Waals surface area (Å²) in [6.45, 7) is 3.69. The van der Waals surface area contributed by atoms with E-state index in [0.717, 1.165) is 11.1 Å². The molecular weight excluding hydrogens is 440 g/mol. The van der Waals surface area contributed by atoms with Gasteiger partial charge in [0.15, 0.2) is 0 Å². The summed E-state index contributed by atoms with van der Waals surface area (Å²) in [5.74, 6) is 0.641. The number of rotatable bonds is 6. The molecule has 7 nitrogen and oxygen atoms in total. The van der Waals surface area contributed by atoms with Gasteiger partial charge in [-0.2, -0.15) is 0 Å². The summed E-state index contributed by atoms with van der Waals surface area (Å²) in [6, 6.07) is 17.1. The molecule has 4 rings (SSSR count). The van der Waals surface area contributed by atoms with Gasteiger partial charge in [0, 0.05) is 22.4 Å². The van der Waals surface area contributed by atoms with Crippen molar-refractivity contribution >= 4 is 32.9 Å². The smallest absolute Gasteiger partial charge is 0.265 e. The Morgan fingerprint density at radius 3 is 2.36 bits per heavy atom. The standard InChI is InChI=1S/C25H24N2O5S/c1-15(2)24-19-14-21(27-33(29,30)23-11-6-5-10-22(23)32-4)18(13-20(19)26-25(24)28)16-8-7-9-17(12-16)31-3/h5-14,27H,1-4H3,(H,26,28). The molecule has 8 heteroatoms. The van der Waals surface area contributed by atoms with Gasteiger partial charge >= 0.3 is 0 Å². The van der Waals surface area contributed by atoms with E-state index in [1.165, 1.54) is 13.2 Å². The topological polar surface area (TPSA) is 93.7 Å². The third-order valence-electron chi connectivity index (χ3n) is 5.39. The molecule has 1 heterocycles. The van der Waals surface area contributed by atoms with Gasteiger partial charge in [0.25, 0.3) is 15.9 Å². The molecule has 1 aliphatic heterocycles. The van der Waals surface area contributed by atoms with Crippen LogP contribution in [0.2, 0.25) is 0 Å². The van der Waals surface area contributed by atoms with Crippen molar-refractivity contribution in [1.82, 2.24) is 0 Å². The van der Waals surface area contributed by atoms with Crippen LogP contribution in [0.4, 0.5) is 11.4 Å². The van der Waals surface area contributed by atoms with E-state index in [1.807, 2.05) is 26.0 Å². The molecule has 2 N–H and O–H groups in total. The summed E-state index contributed by atoms with van der Waals surface area (Å²) >= 11 is 0. The average Bonchev–Trinajstić information content (AvgIpc) is 3.13. The van der Waals surface area contributed by atoms with Crippen molar-refractivity contribution in [1.29, 1.82) is 0 Å². The molecule has 0 radical (unpaired) electrons. The number of fused-ring (bicyclic) bond motifs is 1. The SMILES string of the molecule is COc1cccc(-c2cc3c(cc2NS(=O)(=O)c2ccccc2OC)C(=C(C)C)C(=O)N3)c1. The number of hydrogen-bond donors (Lipinski definition) is 2. The highest BCUT2D eigenvalue weighted by molar-refractivity contribution is 7.92. The van der Waals surface area contributed by atoms with Crippen LogP contribution in [0.1, 0.15) is 19.4 Å². The summed E-state index contributed by atoms with van der Waals surface area (Å²) in [4.78, 5) is 12.6. The zero-order valence-electron chi connectivity index (χ0n) is 18.7. The van der Waals surface area contributed by atoms with E-state index in [-0.39, 0.29) is 16.6 Å². The molecule has 1 aliphatic rings. The Balaban J connectivity index is 1.92. The Kier molecular flexibility index (Phi) is 5.86. The number of para-hydroxylation sites is 1. The molecule has 1 amide bonds. The number of hydrogen-bond acceptors (Lipinski definition) is 5. The fourth-order valence-electron chi connectivity index (χ4n) is 3.87. The lowest BCUT2D eigenvalue weighted by Crippen LogP contribution is -2.15. The zero-order valence-corrected chi connectivity index (χ0v) is 19.5. The van der Waals surface area contributed by atoms with Gasteiger partial charge in [-0.05, 0) is 55.8 Å². The van der Waals surface area contributed by atoms with Gasteiger partial charge in [0.2, 0.25) is 0 Å². The molecule has 0 saturated heterocycles. The molecule has 0 aliphatic carbocycles. The van der Waals surface area contributed by atoms with Crippen molar-refractivity contribution in [3.63, 3.8) is 0 Å². The van der Waals surface area contributed by atoms with Crippen LogP contribution in [0, 0.1) is 0 Å². The molecule has 170 valence electrons. The number of sulfonamides is 1. The minimum absolute atomic E-state index is 0.0150. The first kappa shape index (κ1) is 22.4. The number of methoxy groups -OCH3 is 2. The van der Waals surface area contributed by atoms with E-state index in [2.05, 4.69) is 10.0 Å². The molecular formula is C25H24N2O5S. The highest BCUT2D eigenvalue weighted by Crippen LogP contribution is 2.42. The number of ether oxygens (including phenoxy) is 2. The van der Waals surface area contributed by atoms with E-state index in [9.17, 15) is 13.2 Å². The molecule has 0 spiro atoms. The molecule has 0 aromatic heterocycles. The predicted molar refractivity (Wildman–Crippen MR) is 129 cm³/mol. The minimum atomic E-state index is -4.00. The van der Waals surface area contributed by atoms with Crippen LogP contribution in [-0.2, 0) is 14.8 Å². The van der Waals surface area contributed by atoms with Crippen molar-refractivity contribution < 1.29 is 22.7 Å². The van der Waals surface area contributed by atoms with E-state index in [0.29, 0.717) is 33.8 Å². The average molecular weight is 465 g/mol. The Hall–Kier alpha value is -3.78. The maximum Gasteiger partial charge on any atom is 0.265 e. The van der Waals surface area contributed by atoms with E-state index >= 15 is 0 Å². The third-order valence-corrected chi connectivity index (χ3v) is 6.79. The van der Waals surface area contributed by atoms with Crippen molar-refractivity contribution in [2.75, 3.05) is 24.3 Å². The maximum absolute atomic E-state index is 13.4. The largest absolute Gasteiger partial charge is 0.497 e. The van der Waals surface area contributed by atoms with Gasteiger partial charge in [-0.15, -0.1) is 0 Å². The molecule has 0 unspecified atom stereocenters. The highest BCUT2D eigenvalue weighted by Gasteiger charge is 2.29. The van der Waals surface area contributed by atoms with Crippen LogP contribution in [0.15, 0.2) is 71.1 Å². The van der Waals surface area contributed by atoms with Gasteiger partial charge in [-0.1, -0.05) is 29.8 Å². The monoisotopic (exact) mass is 464 g/mol. The van der Waals surface area contributed by atoms with Crippen LogP contribution in [-0.4, -0.2) is 28.5 Å². The number of benzene rings is 3. The first-order valence-corrected chi connectivity index (χ1v) is 11.7. The lowest BCUT2D eigenvalue weighted by Gasteiger charge is -2.17. The summed E-state index contributed by atoms with van der Waals surface area (Å²) in [5, 5.41) is 2.88. The van der Waals surface area contributed by atoms with Gasteiger partial charge in [0.1, 0.15) is 16.4 Å². The number of anilines is 2. The van der Waals surface area contributed by atoms with E-state index in [1.54, 1.807) is 49.6 Å². The van der Waals surface area contributed by atoms with E-state index < -0.39 is 10.0 Å². The van der Waals surface area contributed by atoms with Crippen molar-refractivity contribution in [2.24, 2.45) is 0 Å². The van der Waals surface area contributed by atoms with Crippen LogP contribution < -0.4 is 19.5 Å². The summed E-state index contributed by atoms with van der Waals surface area (Å²) < 4.78 is 40.0. The first-order valence-electron chi connectivity index (χ1n) is 10.2. The highest BCUT2D eigenvalue weighted by atomic mass is 32.2. The normalized spacial score (nSPS) is 12.7. The molecule has 33 heavy (non-hydrogen) atoms. The summed E-state index contributed by atoms with van der Waals surface area (Å²) in [6.07, 6.45) is 0. The fraction of sp³-hybridized carbons (Fsp3) is 0.160. The van der Waals surface area contributed by atoms with Crippen molar-refractivity contribution in [3.8, 4) is 22.6 Å². The fourth-order valence-corrected chi connectivity index (χ4v) is 5.11. The lowest BCUT2D eigenvalue weighted by molar-refractivity contribution is -0.110. The predicted octanol–water partition coefficient (Wildman–Crippen LogP) is 4.92. The van der Waals surface area contributed by atoms with Crippen LogP contribution in [0.5, 0.6) is 11.5 Å². The number of amides is 1. The van der Waals surface area contributed by atoms with Crippen molar-refractivity contribution in [2.45, 2.75) is 18.7 Å².